The Bertz CT molecular complexity index is 968. The summed E-state index contributed by atoms with van der Waals surface area (Å²) in [7, 11) is 5.40. The lowest BCUT2D eigenvalue weighted by Gasteiger charge is -2.34. The Morgan fingerprint density at radius 3 is 1.53 bits per heavy atom. The Morgan fingerprint density at radius 1 is 0.566 bits per heavy atom. The van der Waals surface area contributed by atoms with Gasteiger partial charge in [-0.25, -0.2) is 0 Å². The summed E-state index contributed by atoms with van der Waals surface area (Å²) < 4.78 is 17.1. The maximum Gasteiger partial charge on any atom is 0.306 e. The number of carbonyl (C=O) groups is 3. The third kappa shape index (κ3) is 35.0. The molecule has 0 saturated carbocycles. The molecule has 0 heterocycles. The van der Waals surface area contributed by atoms with E-state index >= 15 is 0 Å². The molecule has 0 fully saturated rings. The Labute approximate surface area is 325 Å². The monoisotopic (exact) mass is 748 g/mol. The van der Waals surface area contributed by atoms with E-state index in [0.717, 1.165) is 57.8 Å². The van der Waals surface area contributed by atoms with Crippen LogP contribution in [0.3, 0.4) is 0 Å². The standard InChI is InChI=1S/C45H81NO7/c1-6-8-10-12-14-16-18-19-20-21-22-23-24-25-26-28-30-32-34-36-44(48)53-41(39-51-38-37-42(45(49)50)46(3,4)5)40-52-43(47)35-33-31-29-27-17-15-13-11-9-7-2/h13-16,18-19,41-42H,6-12,17,20-40H2,1-5H3/b15-13+,16-14+,19-18+. The van der Waals surface area contributed by atoms with Crippen molar-refractivity contribution in [3.63, 3.8) is 0 Å². The van der Waals surface area contributed by atoms with Crippen LogP contribution in [-0.2, 0) is 28.6 Å². The van der Waals surface area contributed by atoms with Crippen LogP contribution < -0.4 is 5.11 Å². The molecule has 8 nitrogen and oxygen atoms in total. The molecule has 308 valence electrons. The highest BCUT2D eigenvalue weighted by Crippen LogP contribution is 2.14. The third-order valence-electron chi connectivity index (χ3n) is 9.53. The number of carbonyl (C=O) groups excluding carboxylic acids is 3. The zero-order valence-electron chi connectivity index (χ0n) is 34.9. The highest BCUT2D eigenvalue weighted by atomic mass is 16.6. The first-order chi connectivity index (χ1) is 25.6. The second-order valence-corrected chi connectivity index (χ2v) is 15.6. The van der Waals surface area contributed by atoms with E-state index in [-0.39, 0.29) is 42.7 Å². The molecule has 0 aromatic heterocycles. The first-order valence-corrected chi connectivity index (χ1v) is 21.5. The first kappa shape index (κ1) is 50.5. The zero-order chi connectivity index (χ0) is 39.3. The van der Waals surface area contributed by atoms with Crippen LogP contribution >= 0.6 is 0 Å². The van der Waals surface area contributed by atoms with Crippen LogP contribution in [0.5, 0.6) is 0 Å². The van der Waals surface area contributed by atoms with Gasteiger partial charge in [0, 0.05) is 19.3 Å². The summed E-state index contributed by atoms with van der Waals surface area (Å²) in [5, 5.41) is 11.6. The smallest absolute Gasteiger partial charge is 0.306 e. The molecule has 0 rings (SSSR count). The number of quaternary nitrogens is 1. The molecule has 0 aromatic rings. The number of allylic oxidation sites excluding steroid dienone is 6. The van der Waals surface area contributed by atoms with Crippen molar-refractivity contribution < 1.29 is 38.2 Å². The van der Waals surface area contributed by atoms with Crippen molar-refractivity contribution in [3.8, 4) is 0 Å². The molecule has 0 bridgehead atoms. The fourth-order valence-corrected chi connectivity index (χ4v) is 6.10. The van der Waals surface area contributed by atoms with Gasteiger partial charge in [0.15, 0.2) is 6.10 Å². The average molecular weight is 748 g/mol. The lowest BCUT2D eigenvalue weighted by molar-refractivity contribution is -0.889. The SMILES string of the molecule is CCCC/C=C/CCCCCCC(=O)OCC(COCCC(C(=O)[O-])[N+](C)(C)C)OC(=O)CCCCCCCCCCCC/C=C/C=C/CCCCC. The fraction of sp³-hybridized carbons (Fsp3) is 0.800. The lowest BCUT2D eigenvalue weighted by Crippen LogP contribution is -2.55. The van der Waals surface area contributed by atoms with E-state index in [1.54, 1.807) is 21.1 Å². The zero-order valence-corrected chi connectivity index (χ0v) is 34.9. The minimum atomic E-state index is -1.13. The number of likely N-dealkylation sites (N-methyl/N-ethyl adjacent to an activating group) is 1. The van der Waals surface area contributed by atoms with E-state index < -0.39 is 18.1 Å². The first-order valence-electron chi connectivity index (χ1n) is 21.5. The van der Waals surface area contributed by atoms with Crippen LogP contribution in [0, 0.1) is 0 Å². The molecule has 0 spiro atoms. The van der Waals surface area contributed by atoms with Gasteiger partial charge in [-0.3, -0.25) is 9.59 Å². The lowest BCUT2D eigenvalue weighted by atomic mass is 10.1. The van der Waals surface area contributed by atoms with E-state index in [1.807, 2.05) is 0 Å². The van der Waals surface area contributed by atoms with Gasteiger partial charge in [0.2, 0.25) is 0 Å². The van der Waals surface area contributed by atoms with Crippen molar-refractivity contribution in [2.45, 2.75) is 193 Å². The van der Waals surface area contributed by atoms with Gasteiger partial charge in [-0.05, 0) is 57.8 Å². The summed E-state index contributed by atoms with van der Waals surface area (Å²) in [4.78, 5) is 36.7. The molecule has 0 radical (unpaired) electrons. The Balaban J connectivity index is 4.31. The van der Waals surface area contributed by atoms with E-state index in [4.69, 9.17) is 14.2 Å². The predicted octanol–water partition coefficient (Wildman–Crippen LogP) is 10.1. The van der Waals surface area contributed by atoms with Crippen molar-refractivity contribution in [3.05, 3.63) is 36.5 Å². The number of carboxylic acids is 1. The molecule has 0 aromatic carbocycles. The number of ether oxygens (including phenoxy) is 3. The van der Waals surface area contributed by atoms with Crippen molar-refractivity contribution in [1.82, 2.24) is 0 Å². The third-order valence-corrected chi connectivity index (χ3v) is 9.53. The molecule has 0 aliphatic rings. The normalized spacial score (nSPS) is 13.3. The van der Waals surface area contributed by atoms with Crippen LogP contribution in [0.15, 0.2) is 36.5 Å². The van der Waals surface area contributed by atoms with Crippen molar-refractivity contribution >= 4 is 17.9 Å². The van der Waals surface area contributed by atoms with Gasteiger partial charge < -0.3 is 28.6 Å². The highest BCUT2D eigenvalue weighted by molar-refractivity contribution is 5.70. The van der Waals surface area contributed by atoms with Crippen LogP contribution in [0.1, 0.15) is 181 Å². The van der Waals surface area contributed by atoms with Gasteiger partial charge in [-0.15, -0.1) is 0 Å². The van der Waals surface area contributed by atoms with Crippen molar-refractivity contribution in [2.75, 3.05) is 41.0 Å². The van der Waals surface area contributed by atoms with E-state index in [9.17, 15) is 19.5 Å². The maximum atomic E-state index is 12.7. The molecular formula is C45H81NO7. The Hall–Kier alpha value is -2.45. The van der Waals surface area contributed by atoms with Crippen LogP contribution in [0.25, 0.3) is 0 Å². The van der Waals surface area contributed by atoms with Gasteiger partial charge >= 0.3 is 11.9 Å². The molecule has 0 aliphatic heterocycles. The average Bonchev–Trinajstić information content (AvgIpc) is 3.11. The minimum Gasteiger partial charge on any atom is -0.544 e. The number of nitrogens with zero attached hydrogens (tertiary/aromatic N) is 1. The molecule has 0 aliphatic carbocycles. The van der Waals surface area contributed by atoms with Crippen molar-refractivity contribution in [1.29, 1.82) is 0 Å². The van der Waals surface area contributed by atoms with E-state index in [2.05, 4.69) is 50.3 Å². The van der Waals surface area contributed by atoms with Crippen LogP contribution in [-0.4, -0.2) is 75.5 Å². The van der Waals surface area contributed by atoms with Gasteiger partial charge in [-0.2, -0.15) is 0 Å². The summed E-state index contributed by atoms with van der Waals surface area (Å²) in [5.41, 5.74) is 0. The maximum absolute atomic E-state index is 12.7. The fourth-order valence-electron chi connectivity index (χ4n) is 6.10. The molecule has 2 unspecified atom stereocenters. The summed E-state index contributed by atoms with van der Waals surface area (Å²) in [5.74, 6) is -1.76. The van der Waals surface area contributed by atoms with Gasteiger partial charge in [0.25, 0.3) is 0 Å². The minimum absolute atomic E-state index is 0.0366. The molecular weight excluding hydrogens is 666 g/mol. The number of unbranched alkanes of at least 4 members (excludes halogenated alkanes) is 19. The quantitative estimate of drug-likeness (QED) is 0.0204. The van der Waals surface area contributed by atoms with Gasteiger partial charge in [0.05, 0.1) is 40.3 Å². The molecule has 8 heteroatoms. The van der Waals surface area contributed by atoms with Crippen molar-refractivity contribution in [2.24, 2.45) is 0 Å². The topological polar surface area (TPSA) is 102 Å². The Morgan fingerprint density at radius 2 is 1.02 bits per heavy atom. The van der Waals surface area contributed by atoms with Crippen LogP contribution in [0.4, 0.5) is 0 Å². The van der Waals surface area contributed by atoms with Gasteiger partial charge in [0.1, 0.15) is 12.6 Å². The Kier molecular flexibility index (Phi) is 34.8. The summed E-state index contributed by atoms with van der Waals surface area (Å²) in [6, 6.07) is -0.726. The number of aliphatic carboxylic acids is 1. The second kappa shape index (κ2) is 36.5. The van der Waals surface area contributed by atoms with E-state index in [1.165, 1.54) is 89.9 Å². The molecule has 0 N–H and O–H groups in total. The molecule has 53 heavy (non-hydrogen) atoms. The number of carboxylic acid groups (broad SMARTS) is 1. The number of rotatable bonds is 38. The van der Waals surface area contributed by atoms with Crippen LogP contribution in [0.2, 0.25) is 0 Å². The molecule has 2 atom stereocenters. The number of esters is 2. The molecule has 0 saturated heterocycles. The number of hydrogen-bond acceptors (Lipinski definition) is 7. The van der Waals surface area contributed by atoms with Gasteiger partial charge in [-0.1, -0.05) is 140 Å². The second-order valence-electron chi connectivity index (χ2n) is 15.6. The van der Waals surface area contributed by atoms with E-state index in [0.29, 0.717) is 12.8 Å². The summed E-state index contributed by atoms with van der Waals surface area (Å²) >= 11 is 0. The predicted molar refractivity (Wildman–Crippen MR) is 217 cm³/mol. The highest BCUT2D eigenvalue weighted by Gasteiger charge is 2.25. The summed E-state index contributed by atoms with van der Waals surface area (Å²) in [6.45, 7) is 4.57. The summed E-state index contributed by atoms with van der Waals surface area (Å²) in [6.07, 6.45) is 40.2. The number of hydrogen-bond donors (Lipinski definition) is 0. The largest absolute Gasteiger partial charge is 0.544 e. The molecule has 0 amide bonds.